The van der Waals surface area contributed by atoms with Crippen molar-refractivity contribution in [3.8, 4) is 0 Å². The van der Waals surface area contributed by atoms with Crippen LogP contribution in [0.5, 0.6) is 0 Å². The number of carbonyl (C=O) groups is 1. The van der Waals surface area contributed by atoms with Gasteiger partial charge in [-0.05, 0) is 44.5 Å². The lowest BCUT2D eigenvalue weighted by Gasteiger charge is -2.30. The van der Waals surface area contributed by atoms with Gasteiger partial charge >= 0.3 is 0 Å². The number of nitrogen functional groups attached to an aromatic ring is 1. The zero-order valence-corrected chi connectivity index (χ0v) is 10.1. The fourth-order valence-electron chi connectivity index (χ4n) is 2.17. The van der Waals surface area contributed by atoms with E-state index in [9.17, 15) is 4.79 Å². The molecule has 1 aliphatic heterocycles. The summed E-state index contributed by atoms with van der Waals surface area (Å²) in [6.45, 7) is 3.13. The largest absolute Gasteiger partial charge is 0.399 e. The van der Waals surface area contributed by atoms with Crippen molar-refractivity contribution in [2.45, 2.75) is 31.8 Å². The molecular weight excluding hydrogens is 214 g/mol. The van der Waals surface area contributed by atoms with Crippen LogP contribution in [0.15, 0.2) is 24.3 Å². The maximum Gasteiger partial charge on any atom is 0.251 e. The summed E-state index contributed by atoms with van der Waals surface area (Å²) >= 11 is 0. The minimum Gasteiger partial charge on any atom is -0.399 e. The molecule has 0 radical (unpaired) electrons. The van der Waals surface area contributed by atoms with E-state index < -0.39 is 0 Å². The predicted molar refractivity (Wildman–Crippen MR) is 68.8 cm³/mol. The van der Waals surface area contributed by atoms with E-state index in [2.05, 4.69) is 17.6 Å². The molecule has 1 amide bonds. The van der Waals surface area contributed by atoms with E-state index in [1.165, 1.54) is 0 Å². The topological polar surface area (TPSA) is 67.1 Å². The van der Waals surface area contributed by atoms with Crippen molar-refractivity contribution in [3.05, 3.63) is 29.8 Å². The minimum atomic E-state index is -0.0437. The standard InChI is InChI=1S/C13H19N3O/c1-9-12(6-3-7-15-9)16-13(17)10-4-2-5-11(14)8-10/h2,4-5,8-9,12,15H,3,6-7,14H2,1H3,(H,16,17). The Hall–Kier alpha value is -1.55. The second-order valence-electron chi connectivity index (χ2n) is 4.59. The summed E-state index contributed by atoms with van der Waals surface area (Å²) in [4.78, 5) is 12.0. The van der Waals surface area contributed by atoms with Crippen molar-refractivity contribution in [1.82, 2.24) is 10.6 Å². The maximum atomic E-state index is 12.0. The molecule has 0 aromatic heterocycles. The number of rotatable bonds is 2. The Balaban J connectivity index is 2.01. The first-order valence-corrected chi connectivity index (χ1v) is 6.06. The third-order valence-corrected chi connectivity index (χ3v) is 3.23. The van der Waals surface area contributed by atoms with Crippen molar-refractivity contribution in [2.24, 2.45) is 0 Å². The fraction of sp³-hybridized carbons (Fsp3) is 0.462. The van der Waals surface area contributed by atoms with E-state index in [1.807, 2.05) is 0 Å². The zero-order valence-electron chi connectivity index (χ0n) is 10.1. The lowest BCUT2D eigenvalue weighted by atomic mass is 9.99. The molecule has 4 nitrogen and oxygen atoms in total. The predicted octanol–water partition coefficient (Wildman–Crippen LogP) is 1.14. The molecule has 0 aliphatic carbocycles. The van der Waals surface area contributed by atoms with Crippen molar-refractivity contribution in [2.75, 3.05) is 12.3 Å². The van der Waals surface area contributed by atoms with Crippen LogP contribution in [0.4, 0.5) is 5.69 Å². The molecule has 1 saturated heterocycles. The van der Waals surface area contributed by atoms with Crippen LogP contribution in [-0.2, 0) is 0 Å². The quantitative estimate of drug-likeness (QED) is 0.671. The number of nitrogens with two attached hydrogens (primary N) is 1. The van der Waals surface area contributed by atoms with Gasteiger partial charge in [-0.3, -0.25) is 4.79 Å². The van der Waals surface area contributed by atoms with E-state index in [0.717, 1.165) is 19.4 Å². The van der Waals surface area contributed by atoms with E-state index in [4.69, 9.17) is 5.73 Å². The van der Waals surface area contributed by atoms with Crippen molar-refractivity contribution >= 4 is 11.6 Å². The Kier molecular flexibility index (Phi) is 3.64. The zero-order chi connectivity index (χ0) is 12.3. The van der Waals surface area contributed by atoms with Gasteiger partial charge in [0.05, 0.1) is 0 Å². The highest BCUT2D eigenvalue weighted by atomic mass is 16.1. The molecule has 1 heterocycles. The van der Waals surface area contributed by atoms with Gasteiger partial charge in [-0.1, -0.05) is 6.07 Å². The van der Waals surface area contributed by atoms with Gasteiger partial charge in [0, 0.05) is 23.3 Å². The Morgan fingerprint density at radius 1 is 1.53 bits per heavy atom. The number of hydrogen-bond donors (Lipinski definition) is 3. The van der Waals surface area contributed by atoms with Gasteiger partial charge in [-0.2, -0.15) is 0 Å². The molecule has 1 aromatic rings. The molecule has 1 aliphatic rings. The van der Waals surface area contributed by atoms with Gasteiger partial charge in [-0.25, -0.2) is 0 Å². The summed E-state index contributed by atoms with van der Waals surface area (Å²) < 4.78 is 0. The molecular formula is C13H19N3O. The number of carbonyl (C=O) groups excluding carboxylic acids is 1. The van der Waals surface area contributed by atoms with Crippen LogP contribution in [0.2, 0.25) is 0 Å². The van der Waals surface area contributed by atoms with Crippen LogP contribution >= 0.6 is 0 Å². The summed E-state index contributed by atoms with van der Waals surface area (Å²) in [5.41, 5.74) is 6.91. The summed E-state index contributed by atoms with van der Waals surface area (Å²) in [6, 6.07) is 7.60. The monoisotopic (exact) mass is 233 g/mol. The first-order chi connectivity index (χ1) is 8.16. The first-order valence-electron chi connectivity index (χ1n) is 6.06. The molecule has 17 heavy (non-hydrogen) atoms. The van der Waals surface area contributed by atoms with Gasteiger partial charge < -0.3 is 16.4 Å². The molecule has 2 atom stereocenters. The smallest absolute Gasteiger partial charge is 0.251 e. The molecule has 2 unspecified atom stereocenters. The highest BCUT2D eigenvalue weighted by molar-refractivity contribution is 5.95. The molecule has 92 valence electrons. The van der Waals surface area contributed by atoms with E-state index in [1.54, 1.807) is 24.3 Å². The molecule has 0 bridgehead atoms. The van der Waals surface area contributed by atoms with Crippen LogP contribution in [0.1, 0.15) is 30.1 Å². The van der Waals surface area contributed by atoms with E-state index in [-0.39, 0.29) is 11.9 Å². The Morgan fingerprint density at radius 2 is 2.35 bits per heavy atom. The van der Waals surface area contributed by atoms with Crippen LogP contribution < -0.4 is 16.4 Å². The molecule has 0 saturated carbocycles. The Bertz CT molecular complexity index is 405. The minimum absolute atomic E-state index is 0.0437. The summed E-state index contributed by atoms with van der Waals surface area (Å²) in [6.07, 6.45) is 2.13. The molecule has 1 aromatic carbocycles. The molecule has 4 N–H and O–H groups in total. The van der Waals surface area contributed by atoms with Gasteiger partial charge in [0.2, 0.25) is 0 Å². The number of anilines is 1. The average molecular weight is 233 g/mol. The lowest BCUT2D eigenvalue weighted by molar-refractivity contribution is 0.0920. The molecule has 0 spiro atoms. The SMILES string of the molecule is CC1NCCCC1NC(=O)c1cccc(N)c1. The second-order valence-corrected chi connectivity index (χ2v) is 4.59. The molecule has 2 rings (SSSR count). The summed E-state index contributed by atoms with van der Waals surface area (Å²) in [5.74, 6) is -0.0437. The van der Waals surface area contributed by atoms with E-state index in [0.29, 0.717) is 17.3 Å². The number of amides is 1. The first kappa shape index (κ1) is 11.9. The Labute approximate surface area is 102 Å². The number of piperidine rings is 1. The second kappa shape index (κ2) is 5.19. The maximum absolute atomic E-state index is 12.0. The number of hydrogen-bond acceptors (Lipinski definition) is 3. The van der Waals surface area contributed by atoms with Crippen LogP contribution in [0.3, 0.4) is 0 Å². The van der Waals surface area contributed by atoms with Gasteiger partial charge in [-0.15, -0.1) is 0 Å². The molecule has 4 heteroatoms. The summed E-state index contributed by atoms with van der Waals surface area (Å²) in [5, 5.41) is 6.42. The van der Waals surface area contributed by atoms with Crippen LogP contribution in [0.25, 0.3) is 0 Å². The van der Waals surface area contributed by atoms with E-state index >= 15 is 0 Å². The number of nitrogens with one attached hydrogen (secondary N) is 2. The van der Waals surface area contributed by atoms with Gasteiger partial charge in [0.1, 0.15) is 0 Å². The Morgan fingerprint density at radius 3 is 3.06 bits per heavy atom. The summed E-state index contributed by atoms with van der Waals surface area (Å²) in [7, 11) is 0. The average Bonchev–Trinajstić information content (AvgIpc) is 2.32. The molecule has 1 fully saturated rings. The normalized spacial score (nSPS) is 24.3. The third kappa shape index (κ3) is 2.97. The highest BCUT2D eigenvalue weighted by Gasteiger charge is 2.22. The van der Waals surface area contributed by atoms with Crippen LogP contribution in [0, 0.1) is 0 Å². The van der Waals surface area contributed by atoms with Crippen molar-refractivity contribution < 1.29 is 4.79 Å². The fourth-order valence-corrected chi connectivity index (χ4v) is 2.17. The van der Waals surface area contributed by atoms with Crippen molar-refractivity contribution in [1.29, 1.82) is 0 Å². The van der Waals surface area contributed by atoms with Crippen molar-refractivity contribution in [3.63, 3.8) is 0 Å². The van der Waals surface area contributed by atoms with Gasteiger partial charge in [0.15, 0.2) is 0 Å². The third-order valence-electron chi connectivity index (χ3n) is 3.23. The number of benzene rings is 1. The van der Waals surface area contributed by atoms with Gasteiger partial charge in [0.25, 0.3) is 5.91 Å². The lowest BCUT2D eigenvalue weighted by Crippen LogP contribution is -2.51. The van der Waals surface area contributed by atoms with Crippen LogP contribution in [-0.4, -0.2) is 24.5 Å². The highest BCUT2D eigenvalue weighted by Crippen LogP contribution is 2.11.